The van der Waals surface area contributed by atoms with E-state index in [4.69, 9.17) is 0 Å². The predicted octanol–water partition coefficient (Wildman–Crippen LogP) is 2.23. The van der Waals surface area contributed by atoms with Crippen molar-refractivity contribution in [1.82, 2.24) is 14.9 Å². The molecule has 22 heavy (non-hydrogen) atoms. The number of benzene rings is 1. The molecule has 112 valence electrons. The molecule has 0 unspecified atom stereocenters. The van der Waals surface area contributed by atoms with Gasteiger partial charge in [-0.15, -0.1) is 11.3 Å². The highest BCUT2D eigenvalue weighted by molar-refractivity contribution is 7.20. The van der Waals surface area contributed by atoms with Crippen LogP contribution in [0.4, 0.5) is 0 Å². The monoisotopic (exact) mass is 313 g/mol. The lowest BCUT2D eigenvalue weighted by molar-refractivity contribution is 0.0954. The average Bonchev–Trinajstić information content (AvgIpc) is 2.87. The smallest absolute Gasteiger partial charge is 0.262 e. The van der Waals surface area contributed by atoms with Crippen molar-refractivity contribution in [3.63, 3.8) is 0 Å². The molecule has 0 bridgehead atoms. The summed E-state index contributed by atoms with van der Waals surface area (Å²) in [6, 6.07) is 9.70. The molecular weight excluding hydrogens is 298 g/mol. The van der Waals surface area contributed by atoms with E-state index in [1.807, 2.05) is 30.3 Å². The van der Waals surface area contributed by atoms with Gasteiger partial charge in [-0.05, 0) is 18.1 Å². The number of thiophene rings is 1. The minimum absolute atomic E-state index is 0.124. The molecule has 0 saturated carbocycles. The largest absolute Gasteiger partial charge is 0.347 e. The van der Waals surface area contributed by atoms with Crippen LogP contribution in [0.15, 0.2) is 41.5 Å². The highest BCUT2D eigenvalue weighted by Crippen LogP contribution is 2.26. The lowest BCUT2D eigenvalue weighted by atomic mass is 10.2. The van der Waals surface area contributed by atoms with E-state index < -0.39 is 0 Å². The number of nitrogens with one attached hydrogen (secondary N) is 1. The molecule has 0 saturated heterocycles. The SMILES string of the molecule is Cc1c(C(=O)NCc2ccccc2)sc2ncn(C)c(=O)c12. The summed E-state index contributed by atoms with van der Waals surface area (Å²) in [6.45, 7) is 2.25. The van der Waals surface area contributed by atoms with E-state index in [1.54, 1.807) is 14.0 Å². The number of nitrogens with zero attached hydrogens (tertiary/aromatic N) is 2. The number of aromatic nitrogens is 2. The normalized spacial score (nSPS) is 10.8. The number of rotatable bonds is 3. The maximum absolute atomic E-state index is 12.4. The maximum atomic E-state index is 12.4. The Balaban J connectivity index is 1.90. The van der Waals surface area contributed by atoms with Crippen molar-refractivity contribution in [3.05, 3.63) is 63.0 Å². The van der Waals surface area contributed by atoms with Crippen LogP contribution in [0.2, 0.25) is 0 Å². The molecular formula is C16H15N3O2S. The van der Waals surface area contributed by atoms with Crippen LogP contribution in [0.25, 0.3) is 10.2 Å². The van der Waals surface area contributed by atoms with Crippen LogP contribution in [0.5, 0.6) is 0 Å². The van der Waals surface area contributed by atoms with Crippen molar-refractivity contribution in [2.24, 2.45) is 7.05 Å². The first-order chi connectivity index (χ1) is 10.6. The van der Waals surface area contributed by atoms with E-state index in [2.05, 4.69) is 10.3 Å². The number of carbonyl (C=O) groups excluding carboxylic acids is 1. The summed E-state index contributed by atoms with van der Waals surface area (Å²) >= 11 is 1.25. The highest BCUT2D eigenvalue weighted by Gasteiger charge is 2.18. The zero-order valence-electron chi connectivity index (χ0n) is 12.3. The van der Waals surface area contributed by atoms with Gasteiger partial charge in [-0.25, -0.2) is 4.98 Å². The molecule has 3 aromatic rings. The van der Waals surface area contributed by atoms with Crippen molar-refractivity contribution in [2.45, 2.75) is 13.5 Å². The van der Waals surface area contributed by atoms with Crippen molar-refractivity contribution in [2.75, 3.05) is 0 Å². The van der Waals surface area contributed by atoms with Gasteiger partial charge >= 0.3 is 0 Å². The summed E-state index contributed by atoms with van der Waals surface area (Å²) in [5, 5.41) is 3.41. The molecule has 2 heterocycles. The van der Waals surface area contributed by atoms with Gasteiger partial charge in [-0.3, -0.25) is 9.59 Å². The Morgan fingerprint density at radius 3 is 2.77 bits per heavy atom. The molecule has 3 rings (SSSR count). The zero-order valence-corrected chi connectivity index (χ0v) is 13.1. The van der Waals surface area contributed by atoms with Crippen molar-refractivity contribution >= 4 is 27.5 Å². The Bertz CT molecular complexity index is 897. The minimum Gasteiger partial charge on any atom is -0.347 e. The summed E-state index contributed by atoms with van der Waals surface area (Å²) in [6.07, 6.45) is 1.48. The van der Waals surface area contributed by atoms with Crippen LogP contribution >= 0.6 is 11.3 Å². The topological polar surface area (TPSA) is 64.0 Å². The average molecular weight is 313 g/mol. The lowest BCUT2D eigenvalue weighted by Crippen LogP contribution is -2.22. The van der Waals surface area contributed by atoms with Gasteiger partial charge in [-0.2, -0.15) is 0 Å². The van der Waals surface area contributed by atoms with E-state index in [1.165, 1.54) is 22.2 Å². The van der Waals surface area contributed by atoms with Gasteiger partial charge in [0.05, 0.1) is 16.6 Å². The molecule has 1 aromatic carbocycles. The molecule has 0 fully saturated rings. The van der Waals surface area contributed by atoms with Gasteiger partial charge in [-0.1, -0.05) is 30.3 Å². The summed E-state index contributed by atoms with van der Waals surface area (Å²) in [5.74, 6) is -0.175. The molecule has 0 atom stereocenters. The number of fused-ring (bicyclic) bond motifs is 1. The van der Waals surface area contributed by atoms with Gasteiger partial charge in [0.1, 0.15) is 4.83 Å². The fourth-order valence-electron chi connectivity index (χ4n) is 2.28. The maximum Gasteiger partial charge on any atom is 0.262 e. The first-order valence-electron chi connectivity index (χ1n) is 6.85. The lowest BCUT2D eigenvalue weighted by Gasteiger charge is -2.04. The molecule has 0 aliphatic heterocycles. The van der Waals surface area contributed by atoms with Crippen LogP contribution in [0.3, 0.4) is 0 Å². The second kappa shape index (κ2) is 5.73. The summed E-state index contributed by atoms with van der Waals surface area (Å²) in [7, 11) is 1.65. The molecule has 0 spiro atoms. The molecule has 1 amide bonds. The van der Waals surface area contributed by atoms with E-state index >= 15 is 0 Å². The Kier molecular flexibility index (Phi) is 3.77. The van der Waals surface area contributed by atoms with Crippen molar-refractivity contribution in [1.29, 1.82) is 0 Å². The van der Waals surface area contributed by atoms with Crippen molar-refractivity contribution < 1.29 is 4.79 Å². The summed E-state index contributed by atoms with van der Waals surface area (Å²) in [5.41, 5.74) is 1.60. The van der Waals surface area contributed by atoms with Gasteiger partial charge in [0, 0.05) is 13.6 Å². The fourth-order valence-corrected chi connectivity index (χ4v) is 3.34. The third kappa shape index (κ3) is 2.53. The molecule has 1 N–H and O–H groups in total. The third-order valence-corrected chi connectivity index (χ3v) is 4.71. The Morgan fingerprint density at radius 1 is 1.32 bits per heavy atom. The van der Waals surface area contributed by atoms with Crippen LogP contribution in [0, 0.1) is 6.92 Å². The third-order valence-electron chi connectivity index (χ3n) is 3.51. The van der Waals surface area contributed by atoms with Crippen LogP contribution in [-0.4, -0.2) is 15.5 Å². The number of hydrogen-bond acceptors (Lipinski definition) is 4. The first-order valence-corrected chi connectivity index (χ1v) is 7.66. The molecule has 0 aliphatic carbocycles. The van der Waals surface area contributed by atoms with E-state index in [9.17, 15) is 9.59 Å². The molecule has 0 radical (unpaired) electrons. The first kappa shape index (κ1) is 14.5. The fraction of sp³-hybridized carbons (Fsp3) is 0.188. The van der Waals surface area contributed by atoms with Crippen LogP contribution in [-0.2, 0) is 13.6 Å². The zero-order chi connectivity index (χ0) is 15.7. The quantitative estimate of drug-likeness (QED) is 0.806. The second-order valence-electron chi connectivity index (χ2n) is 5.07. The number of amides is 1. The van der Waals surface area contributed by atoms with E-state index in [0.29, 0.717) is 27.2 Å². The number of hydrogen-bond donors (Lipinski definition) is 1. The summed E-state index contributed by atoms with van der Waals surface area (Å²) in [4.78, 5) is 29.9. The van der Waals surface area contributed by atoms with E-state index in [-0.39, 0.29) is 11.5 Å². The standard InChI is InChI=1S/C16H15N3O2S/c1-10-12-15(18-9-19(2)16(12)21)22-13(10)14(20)17-8-11-6-4-3-5-7-11/h3-7,9H,8H2,1-2H3,(H,17,20). The van der Waals surface area contributed by atoms with Gasteiger partial charge < -0.3 is 9.88 Å². The minimum atomic E-state index is -0.175. The molecule has 2 aromatic heterocycles. The van der Waals surface area contributed by atoms with Gasteiger partial charge in [0.25, 0.3) is 11.5 Å². The van der Waals surface area contributed by atoms with Crippen LogP contribution < -0.4 is 10.9 Å². The Labute approximate surface area is 131 Å². The predicted molar refractivity (Wildman–Crippen MR) is 87.2 cm³/mol. The second-order valence-corrected chi connectivity index (χ2v) is 6.06. The van der Waals surface area contributed by atoms with Crippen LogP contribution in [0.1, 0.15) is 20.8 Å². The molecule has 6 heteroatoms. The highest BCUT2D eigenvalue weighted by atomic mass is 32.1. The number of carbonyl (C=O) groups is 1. The Morgan fingerprint density at radius 2 is 2.05 bits per heavy atom. The molecule has 5 nitrogen and oxygen atoms in total. The van der Waals surface area contributed by atoms with Gasteiger partial charge in [0.15, 0.2) is 0 Å². The Hall–Kier alpha value is -2.47. The number of aryl methyl sites for hydroxylation is 2. The van der Waals surface area contributed by atoms with Crippen molar-refractivity contribution in [3.8, 4) is 0 Å². The van der Waals surface area contributed by atoms with E-state index in [0.717, 1.165) is 5.56 Å². The summed E-state index contributed by atoms with van der Waals surface area (Å²) < 4.78 is 1.42. The molecule has 0 aliphatic rings. The van der Waals surface area contributed by atoms with Gasteiger partial charge in [0.2, 0.25) is 0 Å².